The van der Waals surface area contributed by atoms with Crippen LogP contribution in [0.3, 0.4) is 0 Å². The van der Waals surface area contributed by atoms with Crippen molar-refractivity contribution in [3.8, 4) is 0 Å². The van der Waals surface area contributed by atoms with E-state index in [1.165, 1.54) is 21.5 Å². The predicted octanol–water partition coefficient (Wildman–Crippen LogP) is 7.55. The van der Waals surface area contributed by atoms with Crippen LogP contribution in [-0.4, -0.2) is 21.5 Å². The second-order valence-corrected chi connectivity index (χ2v) is 14.7. The Labute approximate surface area is 179 Å². The van der Waals surface area contributed by atoms with E-state index in [0.717, 1.165) is 0 Å². The average Bonchev–Trinajstić information content (AvgIpc) is 2.92. The Kier molecular flexibility index (Phi) is 16.5. The summed E-state index contributed by atoms with van der Waals surface area (Å²) in [6.07, 6.45) is 0.625. The molecule has 3 rings (SSSR count). The number of aliphatic hydroxyl groups is 1. The van der Waals surface area contributed by atoms with Crippen molar-refractivity contribution in [2.75, 3.05) is 6.61 Å². The van der Waals surface area contributed by atoms with E-state index in [1.807, 2.05) is 20.8 Å². The Morgan fingerprint density at radius 2 is 1.30 bits per heavy atom. The fourth-order valence-electron chi connectivity index (χ4n) is 1.90. The van der Waals surface area contributed by atoms with Crippen LogP contribution < -0.4 is 0 Å². The van der Waals surface area contributed by atoms with Gasteiger partial charge in [0.25, 0.3) is 0 Å². The molecular formula is C22H31Cl2NOZr-4. The smallest absolute Gasteiger partial charge is 0.0771 e. The molecule has 5 heteroatoms. The number of benzene rings is 2. The van der Waals surface area contributed by atoms with Gasteiger partial charge in [0.05, 0.1) is 0 Å². The number of hydrogen-bond acceptors (Lipinski definition) is 1. The predicted molar refractivity (Wildman–Crippen MR) is 123 cm³/mol. The molecule has 0 aliphatic rings. The van der Waals surface area contributed by atoms with E-state index in [2.05, 4.69) is 65.7 Å². The molecule has 3 aromatic carbocycles. The van der Waals surface area contributed by atoms with E-state index in [9.17, 15) is 0 Å². The summed E-state index contributed by atoms with van der Waals surface area (Å²) in [6.45, 7) is 9.12. The Hall–Kier alpha value is -0.437. The van der Waals surface area contributed by atoms with Crippen LogP contribution in [0, 0.1) is 14.4 Å². The maximum Gasteiger partial charge on any atom is -0.0771 e. The van der Waals surface area contributed by atoms with Crippen LogP contribution in [0.15, 0.2) is 54.6 Å². The van der Waals surface area contributed by atoms with Crippen LogP contribution >= 0.6 is 17.0 Å². The first-order valence-corrected chi connectivity index (χ1v) is 16.3. The first-order chi connectivity index (χ1) is 12.1. The fraction of sp³-hybridized carbons (Fsp3) is 0.273. The van der Waals surface area contributed by atoms with Gasteiger partial charge in [-0.25, -0.2) is 0 Å². The van der Waals surface area contributed by atoms with Gasteiger partial charge in [0.2, 0.25) is 0 Å². The summed E-state index contributed by atoms with van der Waals surface area (Å²) in [7, 11) is 10.3. The topological polar surface area (TPSA) is 44.0 Å². The summed E-state index contributed by atoms with van der Waals surface area (Å²) in [5.74, 6) is 0. The normalized spacial score (nSPS) is 9.63. The molecule has 2 nitrogen and oxygen atoms in total. The molecule has 0 unspecified atom stereocenters. The van der Waals surface area contributed by atoms with Gasteiger partial charge in [-0.15, -0.1) is 45.3 Å². The molecule has 0 saturated carbocycles. The zero-order valence-electron chi connectivity index (χ0n) is 16.7. The molecule has 0 saturated heterocycles. The van der Waals surface area contributed by atoms with Crippen LogP contribution in [-0.2, 0) is 18.9 Å². The van der Waals surface area contributed by atoms with Gasteiger partial charge in [-0.3, -0.25) is 0 Å². The van der Waals surface area contributed by atoms with Crippen LogP contribution in [0.2, 0.25) is 0 Å². The third-order valence-electron chi connectivity index (χ3n) is 2.68. The van der Waals surface area contributed by atoms with Gasteiger partial charge in [0.1, 0.15) is 0 Å². The van der Waals surface area contributed by atoms with E-state index < -0.39 is 18.9 Å². The summed E-state index contributed by atoms with van der Waals surface area (Å²) in [5.41, 5.74) is 6.69. The van der Waals surface area contributed by atoms with E-state index >= 15 is 0 Å². The first kappa shape index (κ1) is 28.8. The minimum absolute atomic E-state index is 0. The summed E-state index contributed by atoms with van der Waals surface area (Å²) in [4.78, 5) is 0. The van der Waals surface area contributed by atoms with Gasteiger partial charge in [-0.2, -0.15) is 6.42 Å². The number of rotatable bonds is 1. The molecule has 0 fully saturated rings. The molecule has 0 aliphatic carbocycles. The van der Waals surface area contributed by atoms with Crippen molar-refractivity contribution >= 4 is 42.8 Å². The fourth-order valence-corrected chi connectivity index (χ4v) is 1.90. The number of nitrogens with one attached hydrogen (secondary N) is 1. The zero-order valence-corrected chi connectivity index (χ0v) is 20.7. The van der Waals surface area contributed by atoms with Gasteiger partial charge < -0.3 is 25.2 Å². The quantitative estimate of drug-likeness (QED) is 0.354. The number of aliphatic hydroxyl groups excluding tert-OH is 1. The molecule has 0 amide bonds. The van der Waals surface area contributed by atoms with Crippen molar-refractivity contribution in [1.82, 2.24) is 0 Å². The Balaban J connectivity index is 0. The molecule has 152 valence electrons. The van der Waals surface area contributed by atoms with Gasteiger partial charge in [-0.1, -0.05) is 57.2 Å². The molecule has 0 aliphatic heterocycles. The van der Waals surface area contributed by atoms with E-state index in [4.69, 9.17) is 27.9 Å². The SMILES string of the molecule is CC(C)(C)[NH-].[CH2-]CCO.[CH2]=[Zr]([Cl])[Cl].[CH3-].c1ccc2c(c1)[cH-]c1ccccc12. The molecule has 0 heterocycles. The molecule has 2 N–H and O–H groups in total. The Bertz CT molecular complexity index is 716. The molecule has 0 spiro atoms. The van der Waals surface area contributed by atoms with Gasteiger partial charge in [-0.05, 0) is 0 Å². The van der Waals surface area contributed by atoms with Crippen LogP contribution in [0.5, 0.6) is 0 Å². The standard InChI is InChI=1S/C13H9.C4H10N.C3H7O.CH3.CH2.2ClH.Zr/c1-3-7-12-10(5-1)9-11-6-2-4-8-13(11)12;1-4(2,3)5;1-2-3-4;;;;;/h1-9H;5H,1-3H3;4H,1-3H2;1H3;1H2;2*1H;/q4*-1;;;;+2/p-2. The summed E-state index contributed by atoms with van der Waals surface area (Å²) in [6, 6.07) is 19.3. The molecule has 0 atom stereocenters. The molecule has 27 heavy (non-hydrogen) atoms. The van der Waals surface area contributed by atoms with Crippen molar-refractivity contribution in [3.05, 3.63) is 74.7 Å². The summed E-state index contributed by atoms with van der Waals surface area (Å²) < 4.78 is 3.37. The molecule has 3 aromatic rings. The number of hydrogen-bond donors (Lipinski definition) is 1. The minimum Gasteiger partial charge on any atom is -0.358 e. The van der Waals surface area contributed by atoms with Crippen LogP contribution in [0.25, 0.3) is 27.3 Å². The summed E-state index contributed by atoms with van der Waals surface area (Å²) >= 11 is -1.85. The summed E-state index contributed by atoms with van der Waals surface area (Å²) in [5, 5.41) is 13.2. The maximum absolute atomic E-state index is 7.81. The second-order valence-electron chi connectivity index (χ2n) is 6.48. The second kappa shape index (κ2) is 15.5. The van der Waals surface area contributed by atoms with E-state index in [1.54, 1.807) is 0 Å². The van der Waals surface area contributed by atoms with Gasteiger partial charge >= 0.3 is 40.1 Å². The molecule has 0 radical (unpaired) electrons. The third kappa shape index (κ3) is 15.2. The number of halogens is 2. The van der Waals surface area contributed by atoms with Crippen molar-refractivity contribution in [3.63, 3.8) is 0 Å². The maximum atomic E-state index is 7.81. The van der Waals surface area contributed by atoms with Crippen molar-refractivity contribution < 1.29 is 24.0 Å². The van der Waals surface area contributed by atoms with Crippen LogP contribution in [0.4, 0.5) is 0 Å². The first-order valence-electron chi connectivity index (χ1n) is 8.28. The Morgan fingerprint density at radius 3 is 1.56 bits per heavy atom. The van der Waals surface area contributed by atoms with E-state index in [0.29, 0.717) is 6.42 Å². The van der Waals surface area contributed by atoms with Crippen LogP contribution in [0.1, 0.15) is 27.2 Å². The van der Waals surface area contributed by atoms with Crippen molar-refractivity contribution in [2.24, 2.45) is 0 Å². The third-order valence-corrected chi connectivity index (χ3v) is 2.68. The Morgan fingerprint density at radius 1 is 1.04 bits per heavy atom. The van der Waals surface area contributed by atoms with Crippen molar-refractivity contribution in [2.45, 2.75) is 32.7 Å². The van der Waals surface area contributed by atoms with Gasteiger partial charge in [0, 0.05) is 6.61 Å². The zero-order chi connectivity index (χ0) is 20.2. The molecular weight excluding hydrogens is 456 g/mol. The largest absolute Gasteiger partial charge is 0.358 e. The number of fused-ring (bicyclic) bond motifs is 3. The monoisotopic (exact) mass is 485 g/mol. The molecule has 0 bridgehead atoms. The van der Waals surface area contributed by atoms with E-state index in [-0.39, 0.29) is 19.6 Å². The molecule has 0 aromatic heterocycles. The van der Waals surface area contributed by atoms with Crippen molar-refractivity contribution in [1.29, 1.82) is 0 Å². The van der Waals surface area contributed by atoms with Gasteiger partial charge in [0.15, 0.2) is 0 Å². The average molecular weight is 488 g/mol. The minimum atomic E-state index is -1.85.